The number of methoxy groups -OCH3 is 1. The molecule has 1 aromatic rings. The van der Waals surface area contributed by atoms with Crippen LogP contribution in [0, 0.1) is 11.8 Å². The highest BCUT2D eigenvalue weighted by Crippen LogP contribution is 2.27. The smallest absolute Gasteiger partial charge is 0.257 e. The molecule has 0 bridgehead atoms. The summed E-state index contributed by atoms with van der Waals surface area (Å²) in [6, 6.07) is 5.40. The summed E-state index contributed by atoms with van der Waals surface area (Å²) in [5.41, 5.74) is 1.12. The standard InChI is InChI=1S/C26H41N3O5/c1-6-25(30)27-21-7-8-22-23(13-21)34-17-19(3)29(15-20-9-11-33-12-10-20)14-18(2)24(32-5)16-28(4)26(22)31/h7-8,13,18-20,24H,6,9-12,14-17H2,1-5H3,(H,27,30)/t18-,19-,24-/m1/s1. The fourth-order valence-electron chi connectivity index (χ4n) is 4.69. The Morgan fingerprint density at radius 3 is 2.62 bits per heavy atom. The molecule has 0 unspecified atom stereocenters. The Morgan fingerprint density at radius 1 is 1.21 bits per heavy atom. The van der Waals surface area contributed by atoms with Crippen LogP contribution in [0.25, 0.3) is 0 Å². The molecule has 0 spiro atoms. The van der Waals surface area contributed by atoms with Gasteiger partial charge < -0.3 is 24.4 Å². The second kappa shape index (κ2) is 12.5. The third-order valence-electron chi connectivity index (χ3n) is 7.01. The quantitative estimate of drug-likeness (QED) is 0.704. The van der Waals surface area contributed by atoms with Gasteiger partial charge in [0.2, 0.25) is 5.91 Å². The van der Waals surface area contributed by atoms with E-state index in [0.29, 0.717) is 42.5 Å². The Bertz CT molecular complexity index is 827. The van der Waals surface area contributed by atoms with E-state index < -0.39 is 0 Å². The number of anilines is 1. The molecule has 2 amide bonds. The van der Waals surface area contributed by atoms with Gasteiger partial charge in [0.05, 0.1) is 11.7 Å². The second-order valence-corrected chi connectivity index (χ2v) is 9.72. The number of rotatable bonds is 5. The highest BCUT2D eigenvalue weighted by molar-refractivity contribution is 5.98. The van der Waals surface area contributed by atoms with E-state index in [0.717, 1.165) is 39.1 Å². The summed E-state index contributed by atoms with van der Waals surface area (Å²) < 4.78 is 17.7. The highest BCUT2D eigenvalue weighted by atomic mass is 16.5. The largest absolute Gasteiger partial charge is 0.491 e. The van der Waals surface area contributed by atoms with Crippen LogP contribution in [0.4, 0.5) is 5.69 Å². The number of nitrogens with one attached hydrogen (secondary N) is 1. The minimum absolute atomic E-state index is 0.0785. The van der Waals surface area contributed by atoms with Crippen LogP contribution in [0.3, 0.4) is 0 Å². The average molecular weight is 476 g/mol. The maximum absolute atomic E-state index is 13.3. The van der Waals surface area contributed by atoms with Crippen LogP contribution in [0.1, 0.15) is 50.4 Å². The molecular weight excluding hydrogens is 434 g/mol. The fourth-order valence-corrected chi connectivity index (χ4v) is 4.69. The number of hydrogen-bond acceptors (Lipinski definition) is 6. The SMILES string of the molecule is CCC(=O)Nc1ccc2c(c1)OC[C@@H](C)N(CC1CCOCC1)C[C@@H](C)[C@H](OC)CN(C)C2=O. The number of nitrogens with zero attached hydrogens (tertiary/aromatic N) is 2. The molecule has 0 saturated carbocycles. The number of benzene rings is 1. The number of hydrogen-bond donors (Lipinski definition) is 1. The molecule has 1 saturated heterocycles. The van der Waals surface area contributed by atoms with E-state index in [1.165, 1.54) is 0 Å². The van der Waals surface area contributed by atoms with Crippen molar-refractivity contribution in [2.45, 2.75) is 52.2 Å². The number of carbonyl (C=O) groups excluding carboxylic acids is 2. The molecule has 1 fully saturated rings. The summed E-state index contributed by atoms with van der Waals surface area (Å²) in [4.78, 5) is 29.4. The zero-order chi connectivity index (χ0) is 24.7. The summed E-state index contributed by atoms with van der Waals surface area (Å²) in [6.45, 7) is 10.6. The van der Waals surface area contributed by atoms with Crippen molar-refractivity contribution < 1.29 is 23.8 Å². The maximum Gasteiger partial charge on any atom is 0.257 e. The number of fused-ring (bicyclic) bond motifs is 1. The Hall–Kier alpha value is -2.16. The number of ether oxygens (including phenoxy) is 3. The van der Waals surface area contributed by atoms with E-state index in [1.54, 1.807) is 44.2 Å². The molecule has 2 heterocycles. The van der Waals surface area contributed by atoms with Gasteiger partial charge in [0.1, 0.15) is 12.4 Å². The van der Waals surface area contributed by atoms with Crippen molar-refractivity contribution in [2.24, 2.45) is 11.8 Å². The van der Waals surface area contributed by atoms with Gasteiger partial charge in [-0.25, -0.2) is 0 Å². The maximum atomic E-state index is 13.3. The van der Waals surface area contributed by atoms with E-state index in [-0.39, 0.29) is 29.9 Å². The molecule has 0 aliphatic carbocycles. The molecule has 0 aromatic heterocycles. The van der Waals surface area contributed by atoms with E-state index >= 15 is 0 Å². The van der Waals surface area contributed by atoms with Crippen LogP contribution >= 0.6 is 0 Å². The van der Waals surface area contributed by atoms with Gasteiger partial charge in [0.25, 0.3) is 5.91 Å². The van der Waals surface area contributed by atoms with Gasteiger partial charge in [-0.1, -0.05) is 13.8 Å². The van der Waals surface area contributed by atoms with E-state index in [4.69, 9.17) is 14.2 Å². The summed E-state index contributed by atoms with van der Waals surface area (Å²) in [7, 11) is 3.52. The Kier molecular flexibility index (Phi) is 9.74. The summed E-state index contributed by atoms with van der Waals surface area (Å²) in [5, 5.41) is 2.86. The molecule has 8 heteroatoms. The normalized spacial score (nSPS) is 25.6. The minimum Gasteiger partial charge on any atom is -0.491 e. The number of amides is 2. The summed E-state index contributed by atoms with van der Waals surface area (Å²) >= 11 is 0. The Morgan fingerprint density at radius 2 is 1.94 bits per heavy atom. The van der Waals surface area contributed by atoms with Gasteiger partial charge in [-0.3, -0.25) is 14.5 Å². The minimum atomic E-state index is -0.120. The lowest BCUT2D eigenvalue weighted by atomic mass is 9.96. The van der Waals surface area contributed by atoms with E-state index in [1.807, 2.05) is 0 Å². The molecule has 0 radical (unpaired) electrons. The molecular formula is C26H41N3O5. The lowest BCUT2D eigenvalue weighted by Gasteiger charge is -2.38. The van der Waals surface area contributed by atoms with Crippen LogP contribution in [-0.2, 0) is 14.3 Å². The molecule has 2 aliphatic heterocycles. The van der Waals surface area contributed by atoms with E-state index in [9.17, 15) is 9.59 Å². The number of likely N-dealkylation sites (N-methyl/N-ethyl adjacent to an activating group) is 1. The molecule has 3 rings (SSSR count). The first-order valence-electron chi connectivity index (χ1n) is 12.5. The molecule has 1 aromatic carbocycles. The van der Waals surface area contributed by atoms with Gasteiger partial charge >= 0.3 is 0 Å². The first-order chi connectivity index (χ1) is 16.3. The number of carbonyl (C=O) groups is 2. The Labute approximate surface area is 203 Å². The van der Waals surface area contributed by atoms with Crippen LogP contribution < -0.4 is 10.1 Å². The third kappa shape index (κ3) is 6.93. The lowest BCUT2D eigenvalue weighted by molar-refractivity contribution is -0.115. The molecule has 34 heavy (non-hydrogen) atoms. The third-order valence-corrected chi connectivity index (χ3v) is 7.01. The van der Waals surface area contributed by atoms with Gasteiger partial charge in [-0.15, -0.1) is 0 Å². The molecule has 190 valence electrons. The summed E-state index contributed by atoms with van der Waals surface area (Å²) in [6.07, 6.45) is 2.46. The summed E-state index contributed by atoms with van der Waals surface area (Å²) in [5.74, 6) is 1.14. The fraction of sp³-hybridized carbons (Fsp3) is 0.692. The van der Waals surface area contributed by atoms with E-state index in [2.05, 4.69) is 24.1 Å². The van der Waals surface area contributed by atoms with Crippen molar-refractivity contribution in [3.63, 3.8) is 0 Å². The molecule has 3 atom stereocenters. The second-order valence-electron chi connectivity index (χ2n) is 9.72. The zero-order valence-electron chi connectivity index (χ0n) is 21.3. The predicted molar refractivity (Wildman–Crippen MR) is 132 cm³/mol. The van der Waals surface area contributed by atoms with Gasteiger partial charge in [-0.05, 0) is 43.7 Å². The van der Waals surface area contributed by atoms with Crippen LogP contribution in [0.15, 0.2) is 18.2 Å². The topological polar surface area (TPSA) is 80.3 Å². The molecule has 2 aliphatic rings. The van der Waals surface area contributed by atoms with Gasteiger partial charge in [0, 0.05) is 71.2 Å². The lowest BCUT2D eigenvalue weighted by Crippen LogP contribution is -2.48. The van der Waals surface area contributed by atoms with Crippen molar-refractivity contribution in [3.8, 4) is 5.75 Å². The van der Waals surface area contributed by atoms with Gasteiger partial charge in [0.15, 0.2) is 0 Å². The van der Waals surface area contributed by atoms with Crippen molar-refractivity contribution in [1.82, 2.24) is 9.80 Å². The average Bonchev–Trinajstić information content (AvgIpc) is 2.84. The first kappa shape index (κ1) is 26.4. The first-order valence-corrected chi connectivity index (χ1v) is 12.5. The monoisotopic (exact) mass is 475 g/mol. The zero-order valence-corrected chi connectivity index (χ0v) is 21.3. The highest BCUT2D eigenvalue weighted by Gasteiger charge is 2.30. The van der Waals surface area contributed by atoms with Crippen molar-refractivity contribution in [2.75, 3.05) is 58.9 Å². The molecule has 1 N–H and O–H groups in total. The van der Waals surface area contributed by atoms with Crippen LogP contribution in [-0.4, -0.2) is 87.4 Å². The van der Waals surface area contributed by atoms with Crippen molar-refractivity contribution >= 4 is 17.5 Å². The van der Waals surface area contributed by atoms with Gasteiger partial charge in [-0.2, -0.15) is 0 Å². The van der Waals surface area contributed by atoms with Crippen LogP contribution in [0.2, 0.25) is 0 Å². The van der Waals surface area contributed by atoms with Crippen LogP contribution in [0.5, 0.6) is 5.75 Å². The molecule has 8 nitrogen and oxygen atoms in total. The Balaban J connectivity index is 1.89. The predicted octanol–water partition coefficient (Wildman–Crippen LogP) is 3.27. The van der Waals surface area contributed by atoms with Crippen molar-refractivity contribution in [1.29, 1.82) is 0 Å². The van der Waals surface area contributed by atoms with Crippen molar-refractivity contribution in [3.05, 3.63) is 23.8 Å².